The summed E-state index contributed by atoms with van der Waals surface area (Å²) in [5.74, 6) is -0.274. The van der Waals surface area contributed by atoms with Gasteiger partial charge in [-0.2, -0.15) is 0 Å². The highest BCUT2D eigenvalue weighted by molar-refractivity contribution is 14.1. The van der Waals surface area contributed by atoms with Crippen molar-refractivity contribution in [1.82, 2.24) is 4.98 Å². The Morgan fingerprint density at radius 2 is 1.81 bits per heavy atom. The second-order valence-corrected chi connectivity index (χ2v) is 6.08. The molecule has 0 bridgehead atoms. The number of aromatic nitrogens is 1. The molecule has 0 aliphatic carbocycles. The van der Waals surface area contributed by atoms with Crippen molar-refractivity contribution in [3.8, 4) is 0 Å². The first-order valence-electron chi connectivity index (χ1n) is 6.26. The molecule has 3 aromatic rings. The van der Waals surface area contributed by atoms with E-state index in [1.54, 1.807) is 6.07 Å². The second-order valence-electron chi connectivity index (χ2n) is 4.48. The zero-order chi connectivity index (χ0) is 14.8. The summed E-state index contributed by atoms with van der Waals surface area (Å²) in [7, 11) is 0. The topological polar surface area (TPSA) is 42.0 Å². The smallest absolute Gasteiger partial charge is 0.274 e. The fraction of sp³-hybridized carbons (Fsp3) is 0. The van der Waals surface area contributed by atoms with Crippen molar-refractivity contribution in [2.75, 3.05) is 5.32 Å². The van der Waals surface area contributed by atoms with Crippen molar-refractivity contribution in [3.05, 3.63) is 69.0 Å². The molecular weight excluding hydrogens is 399 g/mol. The third kappa shape index (κ3) is 3.16. The van der Waals surface area contributed by atoms with E-state index in [-0.39, 0.29) is 5.91 Å². The van der Waals surface area contributed by atoms with Gasteiger partial charge in [0.1, 0.15) is 10.8 Å². The number of hydrogen-bond donors (Lipinski definition) is 1. The molecule has 0 fully saturated rings. The molecule has 0 saturated carbocycles. The Morgan fingerprint density at radius 3 is 2.57 bits per heavy atom. The molecule has 0 aliphatic heterocycles. The van der Waals surface area contributed by atoms with Crippen molar-refractivity contribution in [2.45, 2.75) is 0 Å². The third-order valence-corrected chi connectivity index (χ3v) is 4.04. The molecule has 0 spiro atoms. The first-order chi connectivity index (χ1) is 10.1. The average molecular weight is 409 g/mol. The number of hydrogen-bond acceptors (Lipinski definition) is 2. The molecule has 0 aliphatic rings. The van der Waals surface area contributed by atoms with Crippen molar-refractivity contribution in [3.63, 3.8) is 0 Å². The third-order valence-electron chi connectivity index (χ3n) is 3.03. The fourth-order valence-corrected chi connectivity index (χ4v) is 2.62. The molecule has 1 aromatic heterocycles. The van der Waals surface area contributed by atoms with Crippen LogP contribution in [0.1, 0.15) is 10.5 Å². The summed E-state index contributed by atoms with van der Waals surface area (Å²) in [5.41, 5.74) is 1.03. The van der Waals surface area contributed by atoms with Gasteiger partial charge in [0.25, 0.3) is 5.91 Å². The van der Waals surface area contributed by atoms with Crippen LogP contribution < -0.4 is 5.32 Å². The number of amides is 1. The molecule has 0 radical (unpaired) electrons. The van der Waals surface area contributed by atoms with E-state index in [4.69, 9.17) is 11.6 Å². The van der Waals surface area contributed by atoms with Crippen LogP contribution in [0.25, 0.3) is 10.8 Å². The molecular formula is C16H10ClIN2O. The molecule has 0 unspecified atom stereocenters. The zero-order valence-corrected chi connectivity index (χ0v) is 13.7. The van der Waals surface area contributed by atoms with Crippen molar-refractivity contribution >= 4 is 56.6 Å². The number of nitrogens with one attached hydrogen (secondary N) is 1. The number of anilines is 1. The standard InChI is InChI=1S/C16H10ClIN2O/c17-15-13-4-2-1-3-10(13)9-14(20-15)16(21)19-12-7-5-11(18)6-8-12/h1-9H,(H,19,21). The van der Waals surface area contributed by atoms with E-state index >= 15 is 0 Å². The van der Waals surface area contributed by atoms with Gasteiger partial charge in [0.2, 0.25) is 0 Å². The number of benzene rings is 2. The van der Waals surface area contributed by atoms with E-state index < -0.39 is 0 Å². The van der Waals surface area contributed by atoms with Crippen LogP contribution in [0.3, 0.4) is 0 Å². The molecule has 3 nitrogen and oxygen atoms in total. The lowest BCUT2D eigenvalue weighted by atomic mass is 10.1. The van der Waals surface area contributed by atoms with E-state index in [0.717, 1.165) is 20.0 Å². The van der Waals surface area contributed by atoms with E-state index in [1.807, 2.05) is 48.5 Å². The van der Waals surface area contributed by atoms with Gasteiger partial charge in [0, 0.05) is 14.6 Å². The van der Waals surface area contributed by atoms with Gasteiger partial charge in [-0.1, -0.05) is 35.9 Å². The number of carbonyl (C=O) groups excluding carboxylic acids is 1. The molecule has 1 heterocycles. The van der Waals surface area contributed by atoms with Crippen LogP contribution in [-0.2, 0) is 0 Å². The van der Waals surface area contributed by atoms with Crippen molar-refractivity contribution < 1.29 is 4.79 Å². The average Bonchev–Trinajstić information content (AvgIpc) is 2.49. The highest BCUT2D eigenvalue weighted by Crippen LogP contribution is 2.22. The van der Waals surface area contributed by atoms with Crippen molar-refractivity contribution in [2.24, 2.45) is 0 Å². The van der Waals surface area contributed by atoms with Gasteiger partial charge in [-0.05, 0) is 58.3 Å². The molecule has 5 heteroatoms. The van der Waals surface area contributed by atoms with E-state index in [1.165, 1.54) is 0 Å². The van der Waals surface area contributed by atoms with Gasteiger partial charge in [0.05, 0.1) is 0 Å². The maximum atomic E-state index is 12.3. The van der Waals surface area contributed by atoms with Gasteiger partial charge in [-0.25, -0.2) is 4.98 Å². The molecule has 0 atom stereocenters. The lowest BCUT2D eigenvalue weighted by molar-refractivity contribution is 0.102. The Balaban J connectivity index is 1.92. The predicted octanol–water partition coefficient (Wildman–Crippen LogP) is 4.75. The molecule has 1 amide bonds. The Labute approximate surface area is 140 Å². The fourth-order valence-electron chi connectivity index (χ4n) is 2.00. The Hall–Kier alpha value is -1.66. The number of carbonyl (C=O) groups is 1. The lowest BCUT2D eigenvalue weighted by Gasteiger charge is -2.07. The van der Waals surface area contributed by atoms with Gasteiger partial charge >= 0.3 is 0 Å². The van der Waals surface area contributed by atoms with E-state index in [0.29, 0.717) is 10.8 Å². The largest absolute Gasteiger partial charge is 0.321 e. The quantitative estimate of drug-likeness (QED) is 0.491. The monoisotopic (exact) mass is 408 g/mol. The number of halogens is 2. The van der Waals surface area contributed by atoms with Crippen molar-refractivity contribution in [1.29, 1.82) is 0 Å². The van der Waals surface area contributed by atoms with E-state index in [9.17, 15) is 4.79 Å². The second kappa shape index (κ2) is 5.99. The van der Waals surface area contributed by atoms with Crippen LogP contribution in [-0.4, -0.2) is 10.9 Å². The predicted molar refractivity (Wildman–Crippen MR) is 93.9 cm³/mol. The first-order valence-corrected chi connectivity index (χ1v) is 7.71. The summed E-state index contributed by atoms with van der Waals surface area (Å²) in [4.78, 5) is 16.4. The van der Waals surface area contributed by atoms with Gasteiger partial charge in [-0.3, -0.25) is 4.79 Å². The SMILES string of the molecule is O=C(Nc1ccc(I)cc1)c1cc2ccccc2c(Cl)n1. The minimum atomic E-state index is -0.274. The number of pyridine rings is 1. The Kier molecular flexibility index (Phi) is 4.07. The molecule has 104 valence electrons. The van der Waals surface area contributed by atoms with Crippen LogP contribution >= 0.6 is 34.2 Å². The maximum Gasteiger partial charge on any atom is 0.274 e. The highest BCUT2D eigenvalue weighted by atomic mass is 127. The number of nitrogens with zero attached hydrogens (tertiary/aromatic N) is 1. The summed E-state index contributed by atoms with van der Waals surface area (Å²) in [6.07, 6.45) is 0. The summed E-state index contributed by atoms with van der Waals surface area (Å²) in [6.45, 7) is 0. The van der Waals surface area contributed by atoms with Crippen LogP contribution in [0.2, 0.25) is 5.15 Å². The van der Waals surface area contributed by atoms with Gasteiger partial charge in [-0.15, -0.1) is 0 Å². The normalized spacial score (nSPS) is 10.6. The number of rotatable bonds is 2. The first kappa shape index (κ1) is 14.3. The van der Waals surface area contributed by atoms with Gasteiger partial charge in [0.15, 0.2) is 0 Å². The maximum absolute atomic E-state index is 12.3. The molecule has 2 aromatic carbocycles. The zero-order valence-electron chi connectivity index (χ0n) is 10.8. The summed E-state index contributed by atoms with van der Waals surface area (Å²) >= 11 is 8.35. The Bertz CT molecular complexity index is 818. The van der Waals surface area contributed by atoms with Crippen LogP contribution in [0.5, 0.6) is 0 Å². The van der Waals surface area contributed by atoms with Crippen LogP contribution in [0.15, 0.2) is 54.6 Å². The molecule has 21 heavy (non-hydrogen) atoms. The summed E-state index contributed by atoms with van der Waals surface area (Å²) in [6, 6.07) is 16.9. The Morgan fingerprint density at radius 1 is 1.10 bits per heavy atom. The highest BCUT2D eigenvalue weighted by Gasteiger charge is 2.11. The van der Waals surface area contributed by atoms with Crippen LogP contribution in [0, 0.1) is 3.57 Å². The van der Waals surface area contributed by atoms with E-state index in [2.05, 4.69) is 32.9 Å². The minimum Gasteiger partial charge on any atom is -0.321 e. The molecule has 3 rings (SSSR count). The lowest BCUT2D eigenvalue weighted by Crippen LogP contribution is -2.13. The molecule has 1 N–H and O–H groups in total. The summed E-state index contributed by atoms with van der Waals surface area (Å²) in [5, 5.41) is 4.88. The van der Waals surface area contributed by atoms with Crippen LogP contribution in [0.4, 0.5) is 5.69 Å². The number of fused-ring (bicyclic) bond motifs is 1. The minimum absolute atomic E-state index is 0.274. The van der Waals surface area contributed by atoms with Gasteiger partial charge < -0.3 is 5.32 Å². The molecule has 0 saturated heterocycles. The summed E-state index contributed by atoms with van der Waals surface area (Å²) < 4.78 is 1.11.